The summed E-state index contributed by atoms with van der Waals surface area (Å²) in [5.74, 6) is -0.529. The summed E-state index contributed by atoms with van der Waals surface area (Å²) in [6.45, 7) is 10.9. The van der Waals surface area contributed by atoms with Crippen LogP contribution < -0.4 is 10.6 Å². The second-order valence-electron chi connectivity index (χ2n) is 9.87. The van der Waals surface area contributed by atoms with Crippen molar-refractivity contribution in [3.05, 3.63) is 36.5 Å². The van der Waals surface area contributed by atoms with Crippen molar-refractivity contribution in [2.24, 2.45) is 0 Å². The maximum Gasteiger partial charge on any atom is 0.408 e. The molecule has 0 aliphatic carbocycles. The van der Waals surface area contributed by atoms with E-state index in [1.165, 1.54) is 0 Å². The molecule has 2 amide bonds. The molecular formula is C24H35N5O5. The Morgan fingerprint density at radius 1 is 0.971 bits per heavy atom. The molecule has 0 bridgehead atoms. The first kappa shape index (κ1) is 26.8. The SMILES string of the molecule is CC(C)(C)OC(=O)N[C@@H](CCCCNC(=O)n1cc(-c2ccccc2)nn1)C(=O)OC(C)(C)C. The van der Waals surface area contributed by atoms with Crippen LogP contribution in [0.15, 0.2) is 36.5 Å². The maximum atomic E-state index is 12.6. The van der Waals surface area contributed by atoms with E-state index in [1.54, 1.807) is 47.7 Å². The van der Waals surface area contributed by atoms with Crippen molar-refractivity contribution < 1.29 is 23.9 Å². The van der Waals surface area contributed by atoms with E-state index < -0.39 is 35.3 Å². The summed E-state index contributed by atoms with van der Waals surface area (Å²) in [7, 11) is 0. The number of ether oxygens (including phenoxy) is 2. The van der Waals surface area contributed by atoms with Crippen LogP contribution in [0.1, 0.15) is 60.8 Å². The highest BCUT2D eigenvalue weighted by molar-refractivity contribution is 5.81. The molecule has 1 aromatic heterocycles. The quantitative estimate of drug-likeness (QED) is 0.440. The van der Waals surface area contributed by atoms with E-state index in [0.29, 0.717) is 31.5 Å². The molecule has 34 heavy (non-hydrogen) atoms. The van der Waals surface area contributed by atoms with Gasteiger partial charge < -0.3 is 20.1 Å². The van der Waals surface area contributed by atoms with Gasteiger partial charge in [-0.05, 0) is 60.8 Å². The van der Waals surface area contributed by atoms with E-state index in [1.807, 2.05) is 30.3 Å². The fraction of sp³-hybridized carbons (Fsp3) is 0.542. The second kappa shape index (κ2) is 11.6. The molecule has 186 valence electrons. The Bertz CT molecular complexity index is 960. The van der Waals surface area contributed by atoms with Crippen molar-refractivity contribution in [3.8, 4) is 11.3 Å². The monoisotopic (exact) mass is 473 g/mol. The molecule has 0 saturated heterocycles. The van der Waals surface area contributed by atoms with Gasteiger partial charge in [-0.15, -0.1) is 5.10 Å². The van der Waals surface area contributed by atoms with Gasteiger partial charge in [-0.2, -0.15) is 4.68 Å². The molecule has 1 atom stereocenters. The predicted octanol–water partition coefficient (Wildman–Crippen LogP) is 3.91. The van der Waals surface area contributed by atoms with E-state index in [2.05, 4.69) is 20.9 Å². The fourth-order valence-electron chi connectivity index (χ4n) is 2.93. The lowest BCUT2D eigenvalue weighted by atomic mass is 10.1. The summed E-state index contributed by atoms with van der Waals surface area (Å²) in [5, 5.41) is 13.3. The van der Waals surface area contributed by atoms with Gasteiger partial charge in [0.2, 0.25) is 0 Å². The van der Waals surface area contributed by atoms with Crippen LogP contribution in [0.4, 0.5) is 9.59 Å². The summed E-state index contributed by atoms with van der Waals surface area (Å²) < 4.78 is 11.8. The summed E-state index contributed by atoms with van der Waals surface area (Å²) in [6.07, 6.45) is 2.37. The van der Waals surface area contributed by atoms with E-state index in [0.717, 1.165) is 10.2 Å². The lowest BCUT2D eigenvalue weighted by Gasteiger charge is -2.26. The molecule has 0 spiro atoms. The molecule has 0 aliphatic heterocycles. The Labute approximate surface area is 200 Å². The molecule has 0 radical (unpaired) electrons. The molecule has 2 rings (SSSR count). The topological polar surface area (TPSA) is 124 Å². The first-order valence-corrected chi connectivity index (χ1v) is 11.3. The first-order chi connectivity index (χ1) is 15.8. The number of rotatable bonds is 8. The zero-order chi connectivity index (χ0) is 25.4. The highest BCUT2D eigenvalue weighted by atomic mass is 16.6. The van der Waals surface area contributed by atoms with E-state index in [9.17, 15) is 14.4 Å². The number of carbonyl (C=O) groups is 3. The number of aromatic nitrogens is 3. The lowest BCUT2D eigenvalue weighted by molar-refractivity contribution is -0.157. The molecule has 2 aromatic rings. The third kappa shape index (κ3) is 9.60. The van der Waals surface area contributed by atoms with Crippen molar-refractivity contribution in [2.45, 2.75) is 78.0 Å². The molecule has 10 nitrogen and oxygen atoms in total. The number of nitrogens with zero attached hydrogens (tertiary/aromatic N) is 3. The summed E-state index contributed by atoms with van der Waals surface area (Å²) in [6, 6.07) is 8.19. The number of esters is 1. The van der Waals surface area contributed by atoms with E-state index in [-0.39, 0.29) is 0 Å². The Morgan fingerprint density at radius 2 is 1.62 bits per heavy atom. The van der Waals surface area contributed by atoms with Crippen molar-refractivity contribution in [2.75, 3.05) is 6.54 Å². The predicted molar refractivity (Wildman–Crippen MR) is 127 cm³/mol. The largest absolute Gasteiger partial charge is 0.458 e. The van der Waals surface area contributed by atoms with Gasteiger partial charge in [-0.1, -0.05) is 35.5 Å². The second-order valence-corrected chi connectivity index (χ2v) is 9.87. The van der Waals surface area contributed by atoms with Crippen LogP contribution in [-0.2, 0) is 14.3 Å². The van der Waals surface area contributed by atoms with E-state index in [4.69, 9.17) is 9.47 Å². The standard InChI is InChI=1S/C24H35N5O5/c1-23(2,3)33-20(30)18(26-22(32)34-24(4,5)6)14-10-11-15-25-21(31)29-16-19(27-28-29)17-12-8-7-9-13-17/h7-9,12-13,16,18H,10-11,14-15H2,1-6H3,(H,25,31)(H,26,32)/t18-/m0/s1. The van der Waals surface area contributed by atoms with Gasteiger partial charge >= 0.3 is 18.1 Å². The minimum Gasteiger partial charge on any atom is -0.458 e. The molecule has 0 fully saturated rings. The van der Waals surface area contributed by atoms with E-state index >= 15 is 0 Å². The van der Waals surface area contributed by atoms with Crippen LogP contribution in [0.5, 0.6) is 0 Å². The third-order valence-corrected chi connectivity index (χ3v) is 4.35. The summed E-state index contributed by atoms with van der Waals surface area (Å²) in [5.41, 5.74) is 0.0978. The average molecular weight is 474 g/mol. The van der Waals surface area contributed by atoms with Crippen molar-refractivity contribution >= 4 is 18.1 Å². The number of alkyl carbamates (subject to hydrolysis) is 1. The van der Waals surface area contributed by atoms with Crippen molar-refractivity contribution in [3.63, 3.8) is 0 Å². The summed E-state index contributed by atoms with van der Waals surface area (Å²) >= 11 is 0. The van der Waals surface area contributed by atoms with Crippen LogP contribution in [0.2, 0.25) is 0 Å². The number of unbranched alkanes of at least 4 members (excludes halogenated alkanes) is 1. The van der Waals surface area contributed by atoms with Gasteiger partial charge in [0.1, 0.15) is 22.9 Å². The third-order valence-electron chi connectivity index (χ3n) is 4.35. The Balaban J connectivity index is 1.83. The van der Waals surface area contributed by atoms with Crippen LogP contribution in [0.25, 0.3) is 11.3 Å². The van der Waals surface area contributed by atoms with Gasteiger partial charge in [0.15, 0.2) is 0 Å². The van der Waals surface area contributed by atoms with Crippen LogP contribution >= 0.6 is 0 Å². The number of nitrogens with one attached hydrogen (secondary N) is 2. The molecular weight excluding hydrogens is 438 g/mol. The van der Waals surface area contributed by atoms with Gasteiger partial charge in [0.25, 0.3) is 0 Å². The average Bonchev–Trinajstić information content (AvgIpc) is 3.21. The number of amides is 2. The zero-order valence-corrected chi connectivity index (χ0v) is 20.8. The molecule has 0 aliphatic rings. The normalized spacial score (nSPS) is 12.5. The van der Waals surface area contributed by atoms with Crippen molar-refractivity contribution in [1.82, 2.24) is 25.6 Å². The van der Waals surface area contributed by atoms with Gasteiger partial charge in [-0.3, -0.25) is 0 Å². The minimum atomic E-state index is -0.853. The Kier molecular flexibility index (Phi) is 9.17. The zero-order valence-electron chi connectivity index (χ0n) is 20.8. The highest BCUT2D eigenvalue weighted by Crippen LogP contribution is 2.15. The van der Waals surface area contributed by atoms with Crippen LogP contribution in [0.3, 0.4) is 0 Å². The molecule has 2 N–H and O–H groups in total. The Morgan fingerprint density at radius 3 is 2.24 bits per heavy atom. The smallest absolute Gasteiger partial charge is 0.408 e. The van der Waals surface area contributed by atoms with Crippen LogP contribution in [-0.4, -0.2) is 56.9 Å². The maximum absolute atomic E-state index is 12.6. The number of hydrogen-bond acceptors (Lipinski definition) is 7. The first-order valence-electron chi connectivity index (χ1n) is 11.3. The molecule has 0 unspecified atom stereocenters. The molecule has 0 saturated carbocycles. The Hall–Kier alpha value is -3.43. The van der Waals surface area contributed by atoms with Gasteiger partial charge in [0, 0.05) is 12.1 Å². The fourth-order valence-corrected chi connectivity index (χ4v) is 2.93. The van der Waals surface area contributed by atoms with Gasteiger partial charge in [-0.25, -0.2) is 14.4 Å². The minimum absolute atomic E-state index is 0.339. The number of benzene rings is 1. The molecule has 1 aromatic carbocycles. The van der Waals surface area contributed by atoms with Crippen molar-refractivity contribution in [1.29, 1.82) is 0 Å². The molecule has 1 heterocycles. The number of carbonyl (C=O) groups excluding carboxylic acids is 3. The summed E-state index contributed by atoms with van der Waals surface area (Å²) in [4.78, 5) is 37.1. The lowest BCUT2D eigenvalue weighted by Crippen LogP contribution is -2.46. The van der Waals surface area contributed by atoms with Crippen LogP contribution in [0, 0.1) is 0 Å². The highest BCUT2D eigenvalue weighted by Gasteiger charge is 2.28. The number of hydrogen-bond donors (Lipinski definition) is 2. The van der Waals surface area contributed by atoms with Gasteiger partial charge in [0.05, 0.1) is 6.20 Å². The molecule has 10 heteroatoms.